The third kappa shape index (κ3) is 8.82. The Balaban J connectivity index is 0. The van der Waals surface area contributed by atoms with Crippen LogP contribution in [-0.4, -0.2) is 6.29 Å². The summed E-state index contributed by atoms with van der Waals surface area (Å²) >= 11 is 0. The van der Waals surface area contributed by atoms with E-state index in [1.165, 1.54) is 6.08 Å². The second kappa shape index (κ2) is 9.10. The molecular formula is C4H5OY-. The van der Waals surface area contributed by atoms with Gasteiger partial charge in [-0.2, -0.15) is 0 Å². The Morgan fingerprint density at radius 3 is 2.33 bits per heavy atom. The summed E-state index contributed by atoms with van der Waals surface area (Å²) in [7, 11) is 0. The first-order valence-electron chi connectivity index (χ1n) is 1.37. The summed E-state index contributed by atoms with van der Waals surface area (Å²) in [6.45, 7) is 3.29. The van der Waals surface area contributed by atoms with Crippen molar-refractivity contribution in [2.24, 2.45) is 0 Å². The van der Waals surface area contributed by atoms with Crippen LogP contribution < -0.4 is 0 Å². The van der Waals surface area contributed by atoms with Gasteiger partial charge in [-0.3, -0.25) is 6.29 Å². The molecule has 0 aromatic rings. The van der Waals surface area contributed by atoms with Gasteiger partial charge in [0, 0.05) is 32.7 Å². The van der Waals surface area contributed by atoms with Gasteiger partial charge >= 0.3 is 0 Å². The van der Waals surface area contributed by atoms with E-state index in [1.54, 1.807) is 6.29 Å². The van der Waals surface area contributed by atoms with E-state index < -0.39 is 0 Å². The fourth-order valence-corrected chi connectivity index (χ4v) is 0.0589. The molecule has 31 valence electrons. The third-order valence-electron chi connectivity index (χ3n) is 0.228. The molecule has 0 bridgehead atoms. The van der Waals surface area contributed by atoms with Crippen LogP contribution >= 0.6 is 0 Å². The second-order valence-corrected chi connectivity index (χ2v) is 0.637. The van der Waals surface area contributed by atoms with Crippen LogP contribution in [0.4, 0.5) is 0 Å². The van der Waals surface area contributed by atoms with Gasteiger partial charge in [-0.05, 0) is 0 Å². The van der Waals surface area contributed by atoms with Gasteiger partial charge in [0.05, 0.1) is 0 Å². The maximum Gasteiger partial charge on any atom is 0 e. The Hall–Kier alpha value is 0.514. The minimum atomic E-state index is 0. The molecule has 0 spiro atoms. The molecule has 0 aromatic heterocycles. The van der Waals surface area contributed by atoms with Crippen molar-refractivity contribution in [2.45, 2.75) is 6.42 Å². The molecule has 0 unspecified atom stereocenters. The third-order valence-corrected chi connectivity index (χ3v) is 0.228. The van der Waals surface area contributed by atoms with Crippen LogP contribution in [0.3, 0.4) is 0 Å². The number of allylic oxidation sites excluding steroid dienone is 1. The average Bonchev–Trinajstić information content (AvgIpc) is 1.41. The molecule has 0 aliphatic heterocycles. The fourth-order valence-electron chi connectivity index (χ4n) is 0.0589. The van der Waals surface area contributed by atoms with Crippen molar-refractivity contribution in [3.63, 3.8) is 0 Å². The molecule has 1 nitrogen and oxygen atoms in total. The molecule has 0 aliphatic carbocycles. The van der Waals surface area contributed by atoms with E-state index in [4.69, 9.17) is 0 Å². The van der Waals surface area contributed by atoms with Crippen molar-refractivity contribution in [3.05, 3.63) is 12.7 Å². The first-order valence-corrected chi connectivity index (χ1v) is 1.37. The van der Waals surface area contributed by atoms with Crippen LogP contribution in [-0.2, 0) is 37.5 Å². The van der Waals surface area contributed by atoms with Gasteiger partial charge in [0.1, 0.15) is 0 Å². The largest absolute Gasteiger partial charge is 0.541 e. The van der Waals surface area contributed by atoms with Crippen molar-refractivity contribution < 1.29 is 37.5 Å². The molecule has 0 fully saturated rings. The van der Waals surface area contributed by atoms with Gasteiger partial charge in [-0.1, -0.05) is 0 Å². The predicted octanol–water partition coefficient (Wildman–Crippen LogP) is 0.670. The summed E-state index contributed by atoms with van der Waals surface area (Å²) in [4.78, 5) is 9.21. The molecule has 1 radical (unpaired) electrons. The maximum atomic E-state index is 9.21. The first kappa shape index (κ1) is 9.72. The second-order valence-electron chi connectivity index (χ2n) is 0.637. The summed E-state index contributed by atoms with van der Waals surface area (Å²) in [5, 5.41) is 0. The van der Waals surface area contributed by atoms with Crippen LogP contribution in [0, 0.1) is 0 Å². The van der Waals surface area contributed by atoms with E-state index in [-0.39, 0.29) is 32.7 Å². The van der Waals surface area contributed by atoms with Crippen LogP contribution in [0.25, 0.3) is 0 Å². The minimum Gasteiger partial charge on any atom is -0.541 e. The van der Waals surface area contributed by atoms with E-state index in [1.807, 2.05) is 0 Å². The van der Waals surface area contributed by atoms with Crippen molar-refractivity contribution in [2.75, 3.05) is 0 Å². The van der Waals surface area contributed by atoms with Crippen molar-refractivity contribution in [3.8, 4) is 0 Å². The zero-order valence-corrected chi connectivity index (χ0v) is 6.32. The van der Waals surface area contributed by atoms with Gasteiger partial charge < -0.3 is 4.79 Å². The van der Waals surface area contributed by atoms with Gasteiger partial charge in [-0.15, -0.1) is 19.1 Å². The van der Waals surface area contributed by atoms with Crippen molar-refractivity contribution >= 4 is 6.29 Å². The summed E-state index contributed by atoms with van der Waals surface area (Å²) < 4.78 is 0. The Labute approximate surface area is 62.7 Å². The van der Waals surface area contributed by atoms with Gasteiger partial charge in [0.2, 0.25) is 0 Å². The van der Waals surface area contributed by atoms with E-state index >= 15 is 0 Å². The molecule has 0 heterocycles. The number of hydrogen-bond donors (Lipinski definition) is 0. The monoisotopic (exact) mass is 158 g/mol. The Morgan fingerprint density at radius 2 is 2.33 bits per heavy atom. The Morgan fingerprint density at radius 1 is 1.83 bits per heavy atom. The molecule has 0 rings (SSSR count). The van der Waals surface area contributed by atoms with Crippen molar-refractivity contribution in [1.29, 1.82) is 0 Å². The van der Waals surface area contributed by atoms with Crippen LogP contribution in [0.2, 0.25) is 0 Å². The molecule has 0 amide bonds. The molecule has 0 aliphatic rings. The topological polar surface area (TPSA) is 17.1 Å². The molecule has 0 saturated heterocycles. The normalized spacial score (nSPS) is 5.33. The van der Waals surface area contributed by atoms with Crippen LogP contribution in [0.1, 0.15) is 6.42 Å². The van der Waals surface area contributed by atoms with E-state index in [0.717, 1.165) is 0 Å². The molecule has 0 N–H and O–H groups in total. The summed E-state index contributed by atoms with van der Waals surface area (Å²) in [6, 6.07) is 0. The first-order chi connectivity index (χ1) is 2.41. The quantitative estimate of drug-likeness (QED) is 0.426. The van der Waals surface area contributed by atoms with E-state index in [9.17, 15) is 4.79 Å². The molecule has 0 saturated carbocycles. The van der Waals surface area contributed by atoms with Gasteiger partial charge in [-0.25, -0.2) is 0 Å². The average molecular weight is 158 g/mol. The fraction of sp³-hybridized carbons (Fsp3) is 0.250. The SMILES string of the molecule is C=CC[C-]=O.[Y]. The number of hydrogen-bond acceptors (Lipinski definition) is 1. The zero-order chi connectivity index (χ0) is 4.12. The predicted molar refractivity (Wildman–Crippen MR) is 20.5 cm³/mol. The standard InChI is InChI=1S/C4H5O.Y/c1-2-3-4-5;/h2H,1,3H2;/q-1;. The molecule has 6 heavy (non-hydrogen) atoms. The van der Waals surface area contributed by atoms with E-state index in [2.05, 4.69) is 6.58 Å². The Bertz CT molecular complexity index is 36.8. The summed E-state index contributed by atoms with van der Waals surface area (Å²) in [5.41, 5.74) is 0. The summed E-state index contributed by atoms with van der Waals surface area (Å²) in [5.74, 6) is 0. The number of carbonyl (C=O) groups excluding carboxylic acids is 1. The van der Waals surface area contributed by atoms with Gasteiger partial charge in [0.15, 0.2) is 0 Å². The summed E-state index contributed by atoms with van der Waals surface area (Å²) in [6.07, 6.45) is 3.50. The smallest absolute Gasteiger partial charge is 0 e. The van der Waals surface area contributed by atoms with Gasteiger partial charge in [0.25, 0.3) is 0 Å². The number of rotatable bonds is 2. The van der Waals surface area contributed by atoms with E-state index in [0.29, 0.717) is 6.42 Å². The Kier molecular flexibility index (Phi) is 14.7. The zero-order valence-electron chi connectivity index (χ0n) is 3.48. The molecule has 0 aromatic carbocycles. The maximum absolute atomic E-state index is 9.21. The molecular weight excluding hydrogens is 153 g/mol. The van der Waals surface area contributed by atoms with Crippen LogP contribution in [0.5, 0.6) is 0 Å². The molecule has 0 atom stereocenters. The van der Waals surface area contributed by atoms with Crippen LogP contribution in [0.15, 0.2) is 12.7 Å². The van der Waals surface area contributed by atoms with Crippen molar-refractivity contribution in [1.82, 2.24) is 0 Å². The molecule has 2 heteroatoms. The minimum absolute atomic E-state index is 0.